The molecule has 104 valence electrons. The zero-order valence-electron chi connectivity index (χ0n) is 10.6. The quantitative estimate of drug-likeness (QED) is 0.718. The number of rotatable bonds is 2. The molecule has 0 amide bonds. The Balaban J connectivity index is 2.06. The maximum atomic E-state index is 12.7. The number of nitrogens with zero attached hydrogens (tertiary/aromatic N) is 1. The van der Waals surface area contributed by atoms with Gasteiger partial charge in [-0.2, -0.15) is 13.2 Å². The number of fused-ring (bicyclic) bond motifs is 1. The Bertz CT molecular complexity index is 755. The number of halogens is 3. The largest absolute Gasteiger partial charge is 0.416 e. The first kappa shape index (κ1) is 13.2. The SMILES string of the molecule is CCc1ccc(-c2nc3ccc(C(F)(F)F)cc3[nH]2)s1. The highest BCUT2D eigenvalue weighted by Gasteiger charge is 2.30. The molecule has 2 nitrogen and oxygen atoms in total. The van der Waals surface area contributed by atoms with Crippen molar-refractivity contribution >= 4 is 22.4 Å². The highest BCUT2D eigenvalue weighted by atomic mass is 32.1. The Morgan fingerprint density at radius 2 is 2.00 bits per heavy atom. The molecule has 1 N–H and O–H groups in total. The van der Waals surface area contributed by atoms with Gasteiger partial charge in [0, 0.05) is 4.88 Å². The Morgan fingerprint density at radius 1 is 1.20 bits per heavy atom. The van der Waals surface area contributed by atoms with Gasteiger partial charge >= 0.3 is 6.18 Å². The molecule has 0 aliphatic rings. The molecule has 6 heteroatoms. The Labute approximate surface area is 117 Å². The lowest BCUT2D eigenvalue weighted by Crippen LogP contribution is -2.04. The summed E-state index contributed by atoms with van der Waals surface area (Å²) in [6.45, 7) is 2.06. The van der Waals surface area contributed by atoms with Gasteiger partial charge in [0.25, 0.3) is 0 Å². The first-order valence-corrected chi connectivity index (χ1v) is 6.95. The summed E-state index contributed by atoms with van der Waals surface area (Å²) in [5.74, 6) is 0.615. The molecule has 0 radical (unpaired) electrons. The Hall–Kier alpha value is -1.82. The molecular formula is C14H11F3N2S. The first-order chi connectivity index (χ1) is 9.47. The van der Waals surface area contributed by atoms with Gasteiger partial charge in [0.05, 0.1) is 21.5 Å². The highest BCUT2D eigenvalue weighted by Crippen LogP contribution is 2.32. The predicted octanol–water partition coefficient (Wildman–Crippen LogP) is 4.87. The van der Waals surface area contributed by atoms with E-state index in [9.17, 15) is 13.2 Å². The summed E-state index contributed by atoms with van der Waals surface area (Å²) in [6, 6.07) is 7.49. The van der Waals surface area contributed by atoms with E-state index in [1.807, 2.05) is 12.1 Å². The molecular weight excluding hydrogens is 285 g/mol. The van der Waals surface area contributed by atoms with Crippen molar-refractivity contribution in [3.05, 3.63) is 40.8 Å². The summed E-state index contributed by atoms with van der Waals surface area (Å²) in [4.78, 5) is 9.46. The van der Waals surface area contributed by atoms with Crippen LogP contribution in [0.15, 0.2) is 30.3 Å². The summed E-state index contributed by atoms with van der Waals surface area (Å²) < 4.78 is 38.0. The van der Waals surface area contributed by atoms with Crippen LogP contribution in [0.5, 0.6) is 0 Å². The van der Waals surface area contributed by atoms with Crippen LogP contribution in [-0.2, 0) is 12.6 Å². The first-order valence-electron chi connectivity index (χ1n) is 6.13. The van der Waals surface area contributed by atoms with Crippen LogP contribution < -0.4 is 0 Å². The highest BCUT2D eigenvalue weighted by molar-refractivity contribution is 7.15. The van der Waals surface area contributed by atoms with E-state index in [0.717, 1.165) is 23.4 Å². The molecule has 0 fully saturated rings. The number of benzene rings is 1. The van der Waals surface area contributed by atoms with Gasteiger partial charge in [0.2, 0.25) is 0 Å². The standard InChI is InChI=1S/C14H11F3N2S/c1-2-9-4-6-12(20-9)13-18-10-5-3-8(14(15,16)17)7-11(10)19-13/h3-7H,2H2,1H3,(H,18,19). The molecule has 0 bridgehead atoms. The van der Waals surface area contributed by atoms with Crippen LogP contribution in [0, 0.1) is 0 Å². The number of imidazole rings is 1. The molecule has 0 aliphatic heterocycles. The molecule has 0 unspecified atom stereocenters. The van der Waals surface area contributed by atoms with E-state index >= 15 is 0 Å². The summed E-state index contributed by atoms with van der Waals surface area (Å²) in [5, 5.41) is 0. The van der Waals surface area contributed by atoms with Crippen molar-refractivity contribution in [2.24, 2.45) is 0 Å². The van der Waals surface area contributed by atoms with Crippen LogP contribution in [-0.4, -0.2) is 9.97 Å². The van der Waals surface area contributed by atoms with E-state index in [-0.39, 0.29) is 0 Å². The maximum Gasteiger partial charge on any atom is 0.416 e. The third-order valence-electron chi connectivity index (χ3n) is 3.05. The number of H-pyrrole nitrogens is 1. The lowest BCUT2D eigenvalue weighted by Gasteiger charge is -2.05. The topological polar surface area (TPSA) is 28.7 Å². The van der Waals surface area contributed by atoms with Crippen molar-refractivity contribution in [3.8, 4) is 10.7 Å². The van der Waals surface area contributed by atoms with Crippen molar-refractivity contribution in [2.45, 2.75) is 19.5 Å². The van der Waals surface area contributed by atoms with Gasteiger partial charge in [-0.3, -0.25) is 0 Å². The van der Waals surface area contributed by atoms with Gasteiger partial charge in [-0.05, 0) is 36.8 Å². The van der Waals surface area contributed by atoms with Crippen LogP contribution >= 0.6 is 11.3 Å². The van der Waals surface area contributed by atoms with Crippen molar-refractivity contribution in [2.75, 3.05) is 0 Å². The molecule has 20 heavy (non-hydrogen) atoms. The monoisotopic (exact) mass is 296 g/mol. The van der Waals surface area contributed by atoms with Crippen LogP contribution in [0.2, 0.25) is 0 Å². The zero-order chi connectivity index (χ0) is 14.3. The normalized spacial score (nSPS) is 12.2. The number of hydrogen-bond acceptors (Lipinski definition) is 2. The second-order valence-corrected chi connectivity index (χ2v) is 5.60. The average molecular weight is 296 g/mol. The second-order valence-electron chi connectivity index (χ2n) is 4.43. The lowest BCUT2D eigenvalue weighted by molar-refractivity contribution is -0.137. The lowest BCUT2D eigenvalue weighted by atomic mass is 10.2. The third-order valence-corrected chi connectivity index (χ3v) is 4.29. The number of thiophene rings is 1. The van der Waals surface area contributed by atoms with E-state index in [2.05, 4.69) is 16.9 Å². The van der Waals surface area contributed by atoms with Crippen LogP contribution in [0.4, 0.5) is 13.2 Å². The zero-order valence-corrected chi connectivity index (χ0v) is 11.4. The number of nitrogens with one attached hydrogen (secondary N) is 1. The summed E-state index contributed by atoms with van der Waals surface area (Å²) in [6.07, 6.45) is -3.40. The molecule has 0 spiro atoms. The molecule has 3 rings (SSSR count). The van der Waals surface area contributed by atoms with Crippen molar-refractivity contribution in [1.29, 1.82) is 0 Å². The molecule has 0 saturated heterocycles. The van der Waals surface area contributed by atoms with E-state index in [1.54, 1.807) is 11.3 Å². The minimum atomic E-state index is -4.34. The molecule has 0 saturated carbocycles. The van der Waals surface area contributed by atoms with Crippen LogP contribution in [0.25, 0.3) is 21.7 Å². The average Bonchev–Trinajstić information content (AvgIpc) is 3.02. The fraction of sp³-hybridized carbons (Fsp3) is 0.214. The smallest absolute Gasteiger partial charge is 0.337 e. The number of aromatic amines is 1. The summed E-state index contributed by atoms with van der Waals surface area (Å²) >= 11 is 1.59. The van der Waals surface area contributed by atoms with Gasteiger partial charge in [-0.25, -0.2) is 4.98 Å². The second kappa shape index (κ2) is 4.63. The summed E-state index contributed by atoms with van der Waals surface area (Å²) in [5.41, 5.74) is 0.279. The van der Waals surface area contributed by atoms with E-state index in [1.165, 1.54) is 10.9 Å². The molecule has 2 heterocycles. The van der Waals surface area contributed by atoms with E-state index in [0.29, 0.717) is 16.9 Å². The van der Waals surface area contributed by atoms with Crippen LogP contribution in [0.3, 0.4) is 0 Å². The minimum absolute atomic E-state index is 0.404. The minimum Gasteiger partial charge on any atom is -0.337 e. The predicted molar refractivity (Wildman–Crippen MR) is 73.8 cm³/mol. The van der Waals surface area contributed by atoms with Crippen molar-refractivity contribution in [1.82, 2.24) is 9.97 Å². The number of hydrogen-bond donors (Lipinski definition) is 1. The molecule has 2 aromatic heterocycles. The number of aromatic nitrogens is 2. The molecule has 3 aromatic rings. The maximum absolute atomic E-state index is 12.7. The summed E-state index contributed by atoms with van der Waals surface area (Å²) in [7, 11) is 0. The molecule has 0 atom stereocenters. The van der Waals surface area contributed by atoms with Gasteiger partial charge in [0.1, 0.15) is 5.82 Å². The van der Waals surface area contributed by atoms with Gasteiger partial charge in [-0.1, -0.05) is 6.92 Å². The fourth-order valence-electron chi connectivity index (χ4n) is 2.00. The van der Waals surface area contributed by atoms with Crippen molar-refractivity contribution < 1.29 is 13.2 Å². The van der Waals surface area contributed by atoms with Gasteiger partial charge in [-0.15, -0.1) is 11.3 Å². The van der Waals surface area contributed by atoms with E-state index < -0.39 is 11.7 Å². The van der Waals surface area contributed by atoms with Crippen molar-refractivity contribution in [3.63, 3.8) is 0 Å². The number of aryl methyl sites for hydroxylation is 1. The molecule has 1 aromatic carbocycles. The van der Waals surface area contributed by atoms with Crippen LogP contribution in [0.1, 0.15) is 17.4 Å². The number of alkyl halides is 3. The van der Waals surface area contributed by atoms with Gasteiger partial charge < -0.3 is 4.98 Å². The van der Waals surface area contributed by atoms with Gasteiger partial charge in [0.15, 0.2) is 0 Å². The Morgan fingerprint density at radius 3 is 2.65 bits per heavy atom. The fourth-order valence-corrected chi connectivity index (χ4v) is 2.89. The third kappa shape index (κ3) is 2.31. The molecule has 0 aliphatic carbocycles. The Kier molecular flexibility index (Phi) is 3.05. The van der Waals surface area contributed by atoms with E-state index in [4.69, 9.17) is 0 Å².